The van der Waals surface area contributed by atoms with E-state index in [4.69, 9.17) is 4.42 Å². The van der Waals surface area contributed by atoms with Crippen molar-refractivity contribution in [1.82, 2.24) is 10.2 Å². The van der Waals surface area contributed by atoms with E-state index < -0.39 is 21.9 Å². The molecule has 0 N–H and O–H groups in total. The lowest BCUT2D eigenvalue weighted by molar-refractivity contribution is -0.117. The van der Waals surface area contributed by atoms with Crippen LogP contribution in [0.4, 0.5) is 9.90 Å². The van der Waals surface area contributed by atoms with Crippen LogP contribution in [-0.4, -0.2) is 36.8 Å². The topological polar surface area (TPSA) is 93.4 Å². The number of aromatic nitrogens is 2. The highest BCUT2D eigenvalue weighted by Gasteiger charge is 2.36. The Balaban J connectivity index is 2.06. The summed E-state index contributed by atoms with van der Waals surface area (Å²) in [4.78, 5) is 12.9. The molecule has 1 fully saturated rings. The molecule has 9 heteroatoms. The van der Waals surface area contributed by atoms with Gasteiger partial charge in [-0.2, -0.15) is 8.42 Å². The van der Waals surface area contributed by atoms with Gasteiger partial charge in [0.05, 0.1) is 5.75 Å². The average molecular weight is 291 g/mol. The maximum Gasteiger partial charge on any atom is 0.325 e. The normalized spacial score (nSPS) is 20.2. The molecule has 2 heterocycles. The van der Waals surface area contributed by atoms with E-state index in [9.17, 15) is 17.1 Å². The van der Waals surface area contributed by atoms with Crippen molar-refractivity contribution in [1.29, 1.82) is 0 Å². The zero-order valence-corrected chi connectivity index (χ0v) is 11.2. The largest absolute Gasteiger partial charge is 0.408 e. The van der Waals surface area contributed by atoms with E-state index in [1.54, 1.807) is 0 Å². The predicted octanol–water partition coefficient (Wildman–Crippen LogP) is 0.674. The Bertz CT molecular complexity index is 571. The summed E-state index contributed by atoms with van der Waals surface area (Å²) in [6, 6.07) is 0.0483. The molecule has 1 amide bonds. The monoisotopic (exact) mass is 291 g/mol. The summed E-state index contributed by atoms with van der Waals surface area (Å²) >= 11 is 0. The van der Waals surface area contributed by atoms with E-state index in [1.807, 2.05) is 6.92 Å². The highest BCUT2D eigenvalue weighted by atomic mass is 32.3. The first-order valence-corrected chi connectivity index (χ1v) is 7.49. The fraction of sp³-hybridized carbons (Fsp3) is 0.700. The Hall–Kier alpha value is -1.51. The number of rotatable bonds is 5. The minimum absolute atomic E-state index is 0.0331. The van der Waals surface area contributed by atoms with Crippen molar-refractivity contribution in [2.24, 2.45) is 5.92 Å². The van der Waals surface area contributed by atoms with Gasteiger partial charge in [0, 0.05) is 25.3 Å². The van der Waals surface area contributed by atoms with Crippen LogP contribution in [-0.2, 0) is 21.4 Å². The summed E-state index contributed by atoms with van der Waals surface area (Å²) < 4.78 is 39.0. The summed E-state index contributed by atoms with van der Waals surface area (Å²) in [5, 5.41) is 7.53. The Labute approximate surface area is 110 Å². The lowest BCUT2D eigenvalue weighted by Crippen LogP contribution is -2.25. The molecule has 1 aliphatic rings. The number of carbonyl (C=O) groups is 1. The van der Waals surface area contributed by atoms with Crippen molar-refractivity contribution in [3.05, 3.63) is 5.89 Å². The Kier molecular flexibility index (Phi) is 3.83. The van der Waals surface area contributed by atoms with Gasteiger partial charge < -0.3 is 4.42 Å². The summed E-state index contributed by atoms with van der Waals surface area (Å²) in [6.07, 6.45) is 1.41. The second kappa shape index (κ2) is 5.24. The number of aryl methyl sites for hydroxylation is 1. The van der Waals surface area contributed by atoms with Gasteiger partial charge in [0.1, 0.15) is 0 Å². The van der Waals surface area contributed by atoms with Gasteiger partial charge in [-0.05, 0) is 6.42 Å². The zero-order chi connectivity index (χ0) is 14.0. The molecular formula is C10H14FN3O4S. The van der Waals surface area contributed by atoms with Gasteiger partial charge in [-0.25, -0.2) is 0 Å². The first-order chi connectivity index (χ1) is 8.89. The molecule has 0 bridgehead atoms. The molecule has 1 saturated heterocycles. The highest BCUT2D eigenvalue weighted by Crippen LogP contribution is 2.25. The number of halogens is 1. The third-order valence-electron chi connectivity index (χ3n) is 2.79. The number of anilines is 1. The smallest absolute Gasteiger partial charge is 0.325 e. The lowest BCUT2D eigenvalue weighted by atomic mass is 10.1. The van der Waals surface area contributed by atoms with E-state index in [0.29, 0.717) is 12.3 Å². The maximum absolute atomic E-state index is 12.6. The molecular weight excluding hydrogens is 277 g/mol. The fourth-order valence-corrected chi connectivity index (χ4v) is 2.81. The molecule has 0 spiro atoms. The second-order valence-electron chi connectivity index (χ2n) is 4.51. The number of nitrogens with zero attached hydrogens (tertiary/aromatic N) is 3. The average Bonchev–Trinajstić information content (AvgIpc) is 2.84. The highest BCUT2D eigenvalue weighted by molar-refractivity contribution is 7.86. The molecule has 0 radical (unpaired) electrons. The van der Waals surface area contributed by atoms with E-state index in [1.165, 1.54) is 4.90 Å². The number of hydrogen-bond donors (Lipinski definition) is 0. The molecule has 1 aromatic rings. The van der Waals surface area contributed by atoms with Crippen molar-refractivity contribution in [3.63, 3.8) is 0 Å². The van der Waals surface area contributed by atoms with Crippen LogP contribution in [0.3, 0.4) is 0 Å². The number of carbonyl (C=O) groups excluding carboxylic acids is 1. The Morgan fingerprint density at radius 3 is 2.84 bits per heavy atom. The standard InChI is InChI=1S/C10H14FN3O4S/c1-2-3-8-12-13-10(18-8)14-5-7(4-9(14)15)6-19(11,16)17/h7H,2-6H2,1H3. The molecule has 1 aliphatic heterocycles. The van der Waals surface area contributed by atoms with Crippen LogP contribution in [0.2, 0.25) is 0 Å². The summed E-state index contributed by atoms with van der Waals surface area (Å²) in [7, 11) is -4.59. The maximum atomic E-state index is 12.6. The van der Waals surface area contributed by atoms with Gasteiger partial charge in [-0.1, -0.05) is 12.0 Å². The minimum Gasteiger partial charge on any atom is -0.408 e. The predicted molar refractivity (Wildman–Crippen MR) is 63.6 cm³/mol. The first kappa shape index (κ1) is 13.9. The van der Waals surface area contributed by atoms with Crippen LogP contribution in [0, 0.1) is 5.92 Å². The molecule has 106 valence electrons. The molecule has 0 aromatic carbocycles. The third-order valence-corrected chi connectivity index (χ3v) is 3.66. The summed E-state index contributed by atoms with van der Waals surface area (Å²) in [5.41, 5.74) is 0. The van der Waals surface area contributed by atoms with E-state index >= 15 is 0 Å². The zero-order valence-electron chi connectivity index (χ0n) is 10.4. The third kappa shape index (κ3) is 3.49. The fourth-order valence-electron chi connectivity index (χ4n) is 2.03. The minimum atomic E-state index is -4.59. The van der Waals surface area contributed by atoms with Crippen LogP contribution in [0.15, 0.2) is 4.42 Å². The molecule has 1 aromatic heterocycles. The quantitative estimate of drug-likeness (QED) is 0.740. The first-order valence-electron chi connectivity index (χ1n) is 5.94. The molecule has 1 atom stereocenters. The second-order valence-corrected chi connectivity index (χ2v) is 5.92. The van der Waals surface area contributed by atoms with Crippen molar-refractivity contribution in [2.75, 3.05) is 17.2 Å². The van der Waals surface area contributed by atoms with Gasteiger partial charge >= 0.3 is 16.2 Å². The molecule has 19 heavy (non-hydrogen) atoms. The molecule has 0 saturated carbocycles. The van der Waals surface area contributed by atoms with Gasteiger partial charge in [-0.3, -0.25) is 9.69 Å². The van der Waals surface area contributed by atoms with Gasteiger partial charge in [0.25, 0.3) is 0 Å². The van der Waals surface area contributed by atoms with Crippen molar-refractivity contribution < 1.29 is 21.5 Å². The van der Waals surface area contributed by atoms with Crippen molar-refractivity contribution in [2.45, 2.75) is 26.2 Å². The SMILES string of the molecule is CCCc1nnc(N2CC(CS(=O)(=O)F)CC2=O)o1. The van der Waals surface area contributed by atoms with Crippen LogP contribution in [0.1, 0.15) is 25.7 Å². The van der Waals surface area contributed by atoms with E-state index in [-0.39, 0.29) is 24.9 Å². The van der Waals surface area contributed by atoms with Gasteiger partial charge in [-0.15, -0.1) is 8.98 Å². The van der Waals surface area contributed by atoms with Crippen molar-refractivity contribution >= 4 is 22.1 Å². The molecule has 1 unspecified atom stereocenters. The molecule has 2 rings (SSSR count). The lowest BCUT2D eigenvalue weighted by Gasteiger charge is -2.09. The Morgan fingerprint density at radius 1 is 1.47 bits per heavy atom. The van der Waals surface area contributed by atoms with Crippen LogP contribution in [0.25, 0.3) is 0 Å². The van der Waals surface area contributed by atoms with Crippen LogP contribution < -0.4 is 4.90 Å². The number of amides is 1. The summed E-state index contributed by atoms with van der Waals surface area (Å²) in [5.74, 6) is -1.15. The van der Waals surface area contributed by atoms with Crippen molar-refractivity contribution in [3.8, 4) is 0 Å². The van der Waals surface area contributed by atoms with Crippen LogP contribution in [0.5, 0.6) is 0 Å². The number of hydrogen-bond acceptors (Lipinski definition) is 6. The van der Waals surface area contributed by atoms with Gasteiger partial charge in [0.2, 0.25) is 11.8 Å². The van der Waals surface area contributed by atoms with Crippen LogP contribution >= 0.6 is 0 Å². The van der Waals surface area contributed by atoms with E-state index in [2.05, 4.69) is 10.2 Å². The van der Waals surface area contributed by atoms with E-state index in [0.717, 1.165) is 6.42 Å². The summed E-state index contributed by atoms with van der Waals surface area (Å²) in [6.45, 7) is 2.03. The van der Waals surface area contributed by atoms with Gasteiger partial charge in [0.15, 0.2) is 0 Å². The Morgan fingerprint density at radius 2 is 2.21 bits per heavy atom. The molecule has 0 aliphatic carbocycles. The molecule has 7 nitrogen and oxygen atoms in total.